The van der Waals surface area contributed by atoms with Crippen molar-refractivity contribution in [3.8, 4) is 0 Å². The van der Waals surface area contributed by atoms with Crippen molar-refractivity contribution >= 4 is 34.2 Å². The molecule has 5 heteroatoms. The molecule has 1 saturated carbocycles. The van der Waals surface area contributed by atoms with E-state index in [0.29, 0.717) is 18.5 Å². The smallest absolute Gasteiger partial charge is 0.224 e. The molecule has 1 fully saturated rings. The molecular weight excluding hydrogens is 328 g/mol. The fourth-order valence-corrected chi connectivity index (χ4v) is 2.78. The third-order valence-electron chi connectivity index (χ3n) is 3.45. The van der Waals surface area contributed by atoms with E-state index in [1.165, 1.54) is 0 Å². The number of nitrogens with one attached hydrogen (secondary N) is 1. The van der Waals surface area contributed by atoms with Gasteiger partial charge >= 0.3 is 0 Å². The number of halogens is 2. The van der Waals surface area contributed by atoms with E-state index in [0.717, 1.165) is 35.7 Å². The van der Waals surface area contributed by atoms with Gasteiger partial charge in [-0.05, 0) is 37.3 Å². The van der Waals surface area contributed by atoms with Gasteiger partial charge in [0, 0.05) is 16.6 Å². The molecule has 106 valence electrons. The first-order valence-electron chi connectivity index (χ1n) is 6.43. The van der Waals surface area contributed by atoms with Crippen molar-refractivity contribution in [3.63, 3.8) is 0 Å². The van der Waals surface area contributed by atoms with Gasteiger partial charge in [-0.25, -0.2) is 0 Å². The highest BCUT2D eigenvalue weighted by molar-refractivity contribution is 9.10. The highest BCUT2D eigenvalue weighted by atomic mass is 79.9. The summed E-state index contributed by atoms with van der Waals surface area (Å²) in [6.45, 7) is 0. The first-order valence-corrected chi connectivity index (χ1v) is 7.23. The third kappa shape index (κ3) is 5.13. The fraction of sp³-hybridized carbons (Fsp3) is 0.500. The van der Waals surface area contributed by atoms with Crippen LogP contribution >= 0.6 is 28.3 Å². The van der Waals surface area contributed by atoms with Gasteiger partial charge in [-0.3, -0.25) is 4.79 Å². The molecule has 1 amide bonds. The van der Waals surface area contributed by atoms with Crippen molar-refractivity contribution in [1.29, 1.82) is 0 Å². The van der Waals surface area contributed by atoms with Crippen LogP contribution in [0.3, 0.4) is 0 Å². The Hall–Kier alpha value is -0.580. The highest BCUT2D eigenvalue weighted by Crippen LogP contribution is 2.18. The number of rotatable bonds is 3. The van der Waals surface area contributed by atoms with Crippen LogP contribution in [0, 0.1) is 0 Å². The Kier molecular flexibility index (Phi) is 6.83. The third-order valence-corrected chi connectivity index (χ3v) is 4.22. The molecule has 0 unspecified atom stereocenters. The standard InChI is InChI=1S/C14H19BrN2O.ClH/c15-13-4-2-1-3-10(13)9-14(18)17-12-7-5-11(16)6-8-12;/h1-4,11-12H,5-9,16H2,(H,17,18);1H. The van der Waals surface area contributed by atoms with Gasteiger partial charge in [0.15, 0.2) is 0 Å². The summed E-state index contributed by atoms with van der Waals surface area (Å²) in [6, 6.07) is 8.46. The average Bonchev–Trinajstić information content (AvgIpc) is 2.35. The van der Waals surface area contributed by atoms with Gasteiger partial charge in [0.05, 0.1) is 6.42 Å². The topological polar surface area (TPSA) is 55.1 Å². The SMILES string of the molecule is Cl.NC1CCC(NC(=O)Cc2ccccc2Br)CC1. The van der Waals surface area contributed by atoms with Crippen molar-refractivity contribution in [1.82, 2.24) is 5.32 Å². The molecule has 1 aliphatic rings. The summed E-state index contributed by atoms with van der Waals surface area (Å²) >= 11 is 3.46. The molecule has 0 atom stereocenters. The van der Waals surface area contributed by atoms with E-state index in [1.807, 2.05) is 24.3 Å². The maximum absolute atomic E-state index is 12.0. The lowest BCUT2D eigenvalue weighted by atomic mass is 9.91. The summed E-state index contributed by atoms with van der Waals surface area (Å²) in [6.07, 6.45) is 4.47. The minimum absolute atomic E-state index is 0. The largest absolute Gasteiger partial charge is 0.353 e. The van der Waals surface area contributed by atoms with Gasteiger partial charge in [0.25, 0.3) is 0 Å². The van der Waals surface area contributed by atoms with E-state index in [1.54, 1.807) is 0 Å². The molecule has 19 heavy (non-hydrogen) atoms. The lowest BCUT2D eigenvalue weighted by Crippen LogP contribution is -2.41. The van der Waals surface area contributed by atoms with Gasteiger partial charge in [-0.2, -0.15) is 0 Å². The number of benzene rings is 1. The van der Waals surface area contributed by atoms with Gasteiger partial charge in [0.1, 0.15) is 0 Å². The Balaban J connectivity index is 0.00000180. The van der Waals surface area contributed by atoms with E-state index in [2.05, 4.69) is 21.2 Å². The summed E-state index contributed by atoms with van der Waals surface area (Å²) in [7, 11) is 0. The van der Waals surface area contributed by atoms with Crippen LogP contribution in [-0.4, -0.2) is 18.0 Å². The van der Waals surface area contributed by atoms with Gasteiger partial charge in [-0.15, -0.1) is 12.4 Å². The molecule has 3 nitrogen and oxygen atoms in total. The second-order valence-corrected chi connectivity index (χ2v) is 5.80. The van der Waals surface area contributed by atoms with Gasteiger partial charge in [0.2, 0.25) is 5.91 Å². The van der Waals surface area contributed by atoms with Crippen molar-refractivity contribution in [2.45, 2.75) is 44.2 Å². The molecular formula is C14H20BrClN2O. The summed E-state index contributed by atoms with van der Waals surface area (Å²) < 4.78 is 0.991. The maximum atomic E-state index is 12.0. The quantitative estimate of drug-likeness (QED) is 0.883. The van der Waals surface area contributed by atoms with Crippen LogP contribution in [0.4, 0.5) is 0 Å². The van der Waals surface area contributed by atoms with E-state index < -0.39 is 0 Å². The van der Waals surface area contributed by atoms with E-state index >= 15 is 0 Å². The number of hydrogen-bond donors (Lipinski definition) is 2. The van der Waals surface area contributed by atoms with Crippen LogP contribution in [0.25, 0.3) is 0 Å². The van der Waals surface area contributed by atoms with Crippen LogP contribution < -0.4 is 11.1 Å². The number of nitrogens with two attached hydrogens (primary N) is 1. The first kappa shape index (κ1) is 16.5. The normalized spacial score (nSPS) is 22.4. The number of hydrogen-bond acceptors (Lipinski definition) is 2. The molecule has 0 aliphatic heterocycles. The molecule has 3 N–H and O–H groups in total. The zero-order valence-electron chi connectivity index (χ0n) is 10.8. The molecule has 1 aliphatic carbocycles. The predicted molar refractivity (Wildman–Crippen MR) is 83.5 cm³/mol. The Morgan fingerprint density at radius 3 is 2.53 bits per heavy atom. The van der Waals surface area contributed by atoms with Crippen molar-refractivity contribution < 1.29 is 4.79 Å². The lowest BCUT2D eigenvalue weighted by molar-refractivity contribution is -0.121. The molecule has 0 heterocycles. The molecule has 0 bridgehead atoms. The van der Waals surface area contributed by atoms with Crippen molar-refractivity contribution in [3.05, 3.63) is 34.3 Å². The molecule has 2 rings (SSSR count). The summed E-state index contributed by atoms with van der Waals surface area (Å²) in [4.78, 5) is 12.0. The second kappa shape index (κ2) is 7.88. The molecule has 1 aromatic carbocycles. The van der Waals surface area contributed by atoms with Crippen LogP contribution in [0.5, 0.6) is 0 Å². The lowest BCUT2D eigenvalue weighted by Gasteiger charge is -2.26. The summed E-state index contributed by atoms with van der Waals surface area (Å²) in [5.74, 6) is 0.0994. The monoisotopic (exact) mass is 346 g/mol. The summed E-state index contributed by atoms with van der Waals surface area (Å²) in [5.41, 5.74) is 6.88. The Labute approximate surface area is 128 Å². The molecule has 1 aromatic rings. The first-order chi connectivity index (χ1) is 8.65. The van der Waals surface area contributed by atoms with Crippen LogP contribution in [0.2, 0.25) is 0 Å². The van der Waals surface area contributed by atoms with Gasteiger partial charge < -0.3 is 11.1 Å². The molecule has 0 spiro atoms. The van der Waals surface area contributed by atoms with E-state index in [-0.39, 0.29) is 18.3 Å². The highest BCUT2D eigenvalue weighted by Gasteiger charge is 2.20. The maximum Gasteiger partial charge on any atom is 0.224 e. The predicted octanol–water partition coefficient (Wildman–Crippen LogP) is 2.80. The Morgan fingerprint density at radius 1 is 1.26 bits per heavy atom. The number of carbonyl (C=O) groups is 1. The van der Waals surface area contributed by atoms with Crippen LogP contribution in [0.1, 0.15) is 31.2 Å². The average molecular weight is 348 g/mol. The Bertz CT molecular complexity index is 420. The van der Waals surface area contributed by atoms with E-state index in [9.17, 15) is 4.79 Å². The van der Waals surface area contributed by atoms with Crippen LogP contribution in [-0.2, 0) is 11.2 Å². The summed E-state index contributed by atoms with van der Waals surface area (Å²) in [5, 5.41) is 3.10. The number of carbonyl (C=O) groups excluding carboxylic acids is 1. The van der Waals surface area contributed by atoms with Crippen molar-refractivity contribution in [2.24, 2.45) is 5.73 Å². The van der Waals surface area contributed by atoms with Crippen LogP contribution in [0.15, 0.2) is 28.7 Å². The molecule has 0 aromatic heterocycles. The fourth-order valence-electron chi connectivity index (χ4n) is 2.36. The minimum atomic E-state index is 0. The van der Waals surface area contributed by atoms with E-state index in [4.69, 9.17) is 5.73 Å². The molecule has 0 radical (unpaired) electrons. The second-order valence-electron chi connectivity index (χ2n) is 4.95. The zero-order chi connectivity index (χ0) is 13.0. The molecule has 0 saturated heterocycles. The minimum Gasteiger partial charge on any atom is -0.353 e. The zero-order valence-corrected chi connectivity index (χ0v) is 13.2. The van der Waals surface area contributed by atoms with Crippen molar-refractivity contribution in [2.75, 3.05) is 0 Å². The Morgan fingerprint density at radius 2 is 1.89 bits per heavy atom. The number of amides is 1. The van der Waals surface area contributed by atoms with Gasteiger partial charge in [-0.1, -0.05) is 34.1 Å².